The Bertz CT molecular complexity index is 529. The van der Waals surface area contributed by atoms with E-state index in [4.69, 9.17) is 9.47 Å². The smallest absolute Gasteiger partial charge is 0.328 e. The van der Waals surface area contributed by atoms with Crippen LogP contribution in [0.1, 0.15) is 41.8 Å². The van der Waals surface area contributed by atoms with E-state index in [1.165, 1.54) is 7.11 Å². The highest BCUT2D eigenvalue weighted by Crippen LogP contribution is 2.24. The summed E-state index contributed by atoms with van der Waals surface area (Å²) in [7, 11) is 2.93. The Balaban J connectivity index is 2.97. The molecule has 22 heavy (non-hydrogen) atoms. The molecule has 1 aromatic carbocycles. The van der Waals surface area contributed by atoms with Crippen molar-refractivity contribution in [3.05, 3.63) is 28.8 Å². The van der Waals surface area contributed by atoms with Gasteiger partial charge in [0, 0.05) is 5.56 Å². The fourth-order valence-corrected chi connectivity index (χ4v) is 2.47. The number of hydrogen-bond acceptors (Lipinski definition) is 4. The van der Waals surface area contributed by atoms with Gasteiger partial charge < -0.3 is 14.8 Å². The molecule has 0 aromatic heterocycles. The summed E-state index contributed by atoms with van der Waals surface area (Å²) in [5.41, 5.74) is 2.27. The van der Waals surface area contributed by atoms with Crippen LogP contribution in [-0.2, 0) is 9.53 Å². The third-order valence-corrected chi connectivity index (χ3v) is 3.42. The van der Waals surface area contributed by atoms with Crippen molar-refractivity contribution < 1.29 is 19.1 Å². The second kappa shape index (κ2) is 7.82. The summed E-state index contributed by atoms with van der Waals surface area (Å²) < 4.78 is 10.1. The number of nitrogens with one attached hydrogen (secondary N) is 1. The molecule has 0 aliphatic rings. The molecular weight excluding hydrogens is 282 g/mol. The number of ether oxygens (including phenoxy) is 2. The van der Waals surface area contributed by atoms with Crippen LogP contribution in [0.3, 0.4) is 0 Å². The molecule has 0 radical (unpaired) electrons. The van der Waals surface area contributed by atoms with Gasteiger partial charge in [-0.15, -0.1) is 0 Å². The molecule has 0 aliphatic carbocycles. The maximum Gasteiger partial charge on any atom is 0.328 e. The lowest BCUT2D eigenvalue weighted by Gasteiger charge is -2.19. The predicted molar refractivity (Wildman–Crippen MR) is 85.2 cm³/mol. The quantitative estimate of drug-likeness (QED) is 0.821. The minimum atomic E-state index is -0.639. The first-order chi connectivity index (χ1) is 10.3. The van der Waals surface area contributed by atoms with E-state index in [9.17, 15) is 9.59 Å². The highest BCUT2D eigenvalue weighted by atomic mass is 16.5. The molecule has 1 N–H and O–H groups in total. The first-order valence-corrected chi connectivity index (χ1v) is 7.34. The number of methoxy groups -OCH3 is 2. The van der Waals surface area contributed by atoms with Gasteiger partial charge in [-0.25, -0.2) is 4.79 Å². The Labute approximate surface area is 132 Å². The van der Waals surface area contributed by atoms with Crippen LogP contribution in [0.5, 0.6) is 5.75 Å². The Hall–Kier alpha value is -2.04. The maximum absolute atomic E-state index is 12.4. The minimum absolute atomic E-state index is 0.267. The summed E-state index contributed by atoms with van der Waals surface area (Å²) in [6, 6.07) is 2.87. The first kappa shape index (κ1) is 18.0. The lowest BCUT2D eigenvalue weighted by Crippen LogP contribution is -2.42. The lowest BCUT2D eigenvalue weighted by atomic mass is 10.0. The standard InChI is InChI=1S/C17H25NO4/c1-10(2)7-14(17(20)22-6)18-16(19)13-8-11(3)15(21-5)12(4)9-13/h8-10,14H,7H2,1-6H3,(H,18,19). The molecule has 5 nitrogen and oxygen atoms in total. The van der Waals surface area contributed by atoms with E-state index >= 15 is 0 Å². The fourth-order valence-electron chi connectivity index (χ4n) is 2.47. The van der Waals surface area contributed by atoms with Crippen molar-refractivity contribution >= 4 is 11.9 Å². The van der Waals surface area contributed by atoms with Gasteiger partial charge in [-0.2, -0.15) is 0 Å². The third kappa shape index (κ3) is 4.48. The van der Waals surface area contributed by atoms with Crippen molar-refractivity contribution in [3.63, 3.8) is 0 Å². The lowest BCUT2D eigenvalue weighted by molar-refractivity contribution is -0.143. The van der Waals surface area contributed by atoms with Crippen LogP contribution in [0, 0.1) is 19.8 Å². The Morgan fingerprint density at radius 3 is 2.09 bits per heavy atom. The Kier molecular flexibility index (Phi) is 6.40. The van der Waals surface area contributed by atoms with Crippen molar-refractivity contribution in [2.75, 3.05) is 14.2 Å². The van der Waals surface area contributed by atoms with Crippen molar-refractivity contribution in [1.29, 1.82) is 0 Å². The van der Waals surface area contributed by atoms with E-state index < -0.39 is 12.0 Å². The van der Waals surface area contributed by atoms with E-state index in [0.717, 1.165) is 16.9 Å². The van der Waals surface area contributed by atoms with Crippen LogP contribution in [-0.4, -0.2) is 32.1 Å². The summed E-state index contributed by atoms with van der Waals surface area (Å²) in [6.45, 7) is 7.75. The molecule has 5 heteroatoms. The van der Waals surface area contributed by atoms with Crippen molar-refractivity contribution in [1.82, 2.24) is 5.32 Å². The zero-order valence-corrected chi connectivity index (χ0v) is 14.1. The third-order valence-electron chi connectivity index (χ3n) is 3.42. The molecule has 122 valence electrons. The van der Waals surface area contributed by atoms with E-state index in [1.807, 2.05) is 27.7 Å². The van der Waals surface area contributed by atoms with Crippen molar-refractivity contribution in [3.8, 4) is 5.75 Å². The molecule has 1 unspecified atom stereocenters. The number of aryl methyl sites for hydroxylation is 2. The molecule has 0 saturated heterocycles. The van der Waals surface area contributed by atoms with Gasteiger partial charge >= 0.3 is 5.97 Å². The van der Waals surface area contributed by atoms with Crippen LogP contribution in [0.25, 0.3) is 0 Å². The number of amides is 1. The van der Waals surface area contributed by atoms with Gasteiger partial charge in [-0.05, 0) is 49.4 Å². The van der Waals surface area contributed by atoms with Crippen LogP contribution in [0.15, 0.2) is 12.1 Å². The monoisotopic (exact) mass is 307 g/mol. The Morgan fingerprint density at radius 1 is 1.14 bits per heavy atom. The minimum Gasteiger partial charge on any atom is -0.496 e. The summed E-state index contributed by atoms with van der Waals surface area (Å²) in [5.74, 6) is 0.320. The van der Waals surface area contributed by atoms with Gasteiger partial charge in [0.1, 0.15) is 11.8 Å². The molecule has 0 saturated carbocycles. The summed E-state index contributed by atoms with van der Waals surface area (Å²) in [5, 5.41) is 2.75. The number of hydrogen-bond donors (Lipinski definition) is 1. The zero-order valence-electron chi connectivity index (χ0n) is 14.1. The largest absolute Gasteiger partial charge is 0.496 e. The molecule has 1 rings (SSSR count). The summed E-state index contributed by atoms with van der Waals surface area (Å²) >= 11 is 0. The molecule has 1 amide bonds. The van der Waals surface area contributed by atoms with Crippen molar-refractivity contribution in [2.24, 2.45) is 5.92 Å². The van der Waals surface area contributed by atoms with Crippen LogP contribution in [0.4, 0.5) is 0 Å². The van der Waals surface area contributed by atoms with Gasteiger partial charge in [0.15, 0.2) is 0 Å². The number of carbonyl (C=O) groups excluding carboxylic acids is 2. The highest BCUT2D eigenvalue weighted by molar-refractivity contribution is 5.97. The van der Waals surface area contributed by atoms with Gasteiger partial charge in [-0.3, -0.25) is 4.79 Å². The fraction of sp³-hybridized carbons (Fsp3) is 0.529. The van der Waals surface area contributed by atoms with Gasteiger partial charge in [-0.1, -0.05) is 13.8 Å². The highest BCUT2D eigenvalue weighted by Gasteiger charge is 2.23. The second-order valence-electron chi connectivity index (χ2n) is 5.82. The van der Waals surface area contributed by atoms with Crippen LogP contribution >= 0.6 is 0 Å². The van der Waals surface area contributed by atoms with Crippen molar-refractivity contribution in [2.45, 2.75) is 40.2 Å². The molecule has 0 spiro atoms. The average Bonchev–Trinajstić information content (AvgIpc) is 2.44. The normalized spacial score (nSPS) is 12.0. The molecule has 0 heterocycles. The van der Waals surface area contributed by atoms with Crippen LogP contribution < -0.4 is 10.1 Å². The maximum atomic E-state index is 12.4. The number of benzene rings is 1. The van der Waals surface area contributed by atoms with Gasteiger partial charge in [0.2, 0.25) is 0 Å². The van der Waals surface area contributed by atoms with E-state index in [1.54, 1.807) is 19.2 Å². The number of rotatable bonds is 6. The first-order valence-electron chi connectivity index (χ1n) is 7.34. The molecule has 0 aliphatic heterocycles. The number of esters is 1. The summed E-state index contributed by atoms with van der Waals surface area (Å²) in [6.07, 6.45) is 0.534. The van der Waals surface area contributed by atoms with Gasteiger partial charge in [0.25, 0.3) is 5.91 Å². The molecule has 1 aromatic rings. The summed E-state index contributed by atoms with van der Waals surface area (Å²) in [4.78, 5) is 24.2. The number of carbonyl (C=O) groups is 2. The molecular formula is C17H25NO4. The van der Waals surface area contributed by atoms with Crippen LogP contribution in [0.2, 0.25) is 0 Å². The zero-order chi connectivity index (χ0) is 16.9. The van der Waals surface area contributed by atoms with E-state index in [-0.39, 0.29) is 11.8 Å². The SMILES string of the molecule is COC(=O)C(CC(C)C)NC(=O)c1cc(C)c(OC)c(C)c1. The predicted octanol–water partition coefficient (Wildman–Crippen LogP) is 2.63. The Morgan fingerprint density at radius 2 is 1.68 bits per heavy atom. The van der Waals surface area contributed by atoms with E-state index in [2.05, 4.69) is 5.32 Å². The molecule has 0 bridgehead atoms. The average molecular weight is 307 g/mol. The second-order valence-corrected chi connectivity index (χ2v) is 5.82. The molecule has 1 atom stereocenters. The van der Waals surface area contributed by atoms with E-state index in [0.29, 0.717) is 12.0 Å². The topological polar surface area (TPSA) is 64.6 Å². The molecule has 0 fully saturated rings. The van der Waals surface area contributed by atoms with Gasteiger partial charge in [0.05, 0.1) is 14.2 Å².